The molecule has 1 aliphatic rings. The average Bonchev–Trinajstić information content (AvgIpc) is 3.11. The molecule has 1 heterocycles. The van der Waals surface area contributed by atoms with E-state index in [1.165, 1.54) is 30.3 Å². The molecule has 1 unspecified atom stereocenters. The van der Waals surface area contributed by atoms with E-state index >= 15 is 0 Å². The highest BCUT2D eigenvalue weighted by Gasteiger charge is 2.22. The third kappa shape index (κ3) is 5.66. The topological polar surface area (TPSA) is 77.2 Å². The molecule has 9 heteroatoms. The number of hydrogen-bond donors (Lipinski definition) is 1. The Hall–Kier alpha value is -2.16. The van der Waals surface area contributed by atoms with Crippen LogP contribution in [0.2, 0.25) is 0 Å². The Balaban J connectivity index is 1.56. The van der Waals surface area contributed by atoms with Crippen molar-refractivity contribution in [1.29, 1.82) is 0 Å². The minimum atomic E-state index is -2.87. The first kappa shape index (κ1) is 19.6. The van der Waals surface area contributed by atoms with Crippen molar-refractivity contribution in [3.05, 3.63) is 24.3 Å². The fourth-order valence-corrected chi connectivity index (χ4v) is 3.62. The molecule has 0 radical (unpaired) electrons. The minimum Gasteiger partial charge on any atom is -0.435 e. The second-order valence-corrected chi connectivity index (χ2v) is 7.67. The Labute approximate surface area is 160 Å². The third-order valence-corrected chi connectivity index (χ3v) is 5.27. The zero-order valence-corrected chi connectivity index (χ0v) is 15.7. The third-order valence-electron chi connectivity index (χ3n) is 4.33. The summed E-state index contributed by atoms with van der Waals surface area (Å²) in [7, 11) is 0. The largest absolute Gasteiger partial charge is 0.435 e. The van der Waals surface area contributed by atoms with Gasteiger partial charge in [0.25, 0.3) is 5.22 Å². The first-order chi connectivity index (χ1) is 13.0. The van der Waals surface area contributed by atoms with Crippen molar-refractivity contribution in [1.82, 2.24) is 15.5 Å². The quantitative estimate of drug-likeness (QED) is 0.703. The Kier molecular flexibility index (Phi) is 6.65. The predicted octanol–water partition coefficient (Wildman–Crippen LogP) is 4.27. The summed E-state index contributed by atoms with van der Waals surface area (Å²) in [6.45, 7) is -1.08. The van der Waals surface area contributed by atoms with Gasteiger partial charge in [0, 0.05) is 11.6 Å². The van der Waals surface area contributed by atoms with Gasteiger partial charge in [-0.3, -0.25) is 4.79 Å². The van der Waals surface area contributed by atoms with Crippen molar-refractivity contribution in [2.24, 2.45) is 0 Å². The SMILES string of the molecule is CC(Sc1nnc(-c2ccc(OC(F)F)cc2)o1)C(=O)NC1CCCCC1. The molecular weight excluding hydrogens is 376 g/mol. The summed E-state index contributed by atoms with van der Waals surface area (Å²) in [6.07, 6.45) is 5.59. The van der Waals surface area contributed by atoms with Crippen LogP contribution in [0.4, 0.5) is 8.78 Å². The van der Waals surface area contributed by atoms with Crippen LogP contribution < -0.4 is 10.1 Å². The van der Waals surface area contributed by atoms with Crippen LogP contribution in [0, 0.1) is 0 Å². The second-order valence-electron chi connectivity index (χ2n) is 6.38. The Morgan fingerprint density at radius 2 is 1.93 bits per heavy atom. The standard InChI is InChI=1S/C18H21F2N3O3S/c1-11(15(24)21-13-5-3-2-4-6-13)27-18-23-22-16(26-18)12-7-9-14(10-8-12)25-17(19)20/h7-11,13,17H,2-6H2,1H3,(H,21,24). The molecule has 1 fully saturated rings. The van der Waals surface area contributed by atoms with E-state index < -0.39 is 6.61 Å². The van der Waals surface area contributed by atoms with E-state index in [9.17, 15) is 13.6 Å². The lowest BCUT2D eigenvalue weighted by Gasteiger charge is -2.23. The van der Waals surface area contributed by atoms with Crippen molar-refractivity contribution in [3.8, 4) is 17.2 Å². The van der Waals surface area contributed by atoms with Crippen molar-refractivity contribution in [2.75, 3.05) is 0 Å². The number of alkyl halides is 2. The van der Waals surface area contributed by atoms with Crippen molar-refractivity contribution in [2.45, 2.75) is 62.2 Å². The fourth-order valence-electron chi connectivity index (χ4n) is 2.92. The average molecular weight is 397 g/mol. The van der Waals surface area contributed by atoms with Crippen LogP contribution in [-0.2, 0) is 4.79 Å². The zero-order valence-electron chi connectivity index (χ0n) is 14.9. The molecular formula is C18H21F2N3O3S. The number of halogens is 2. The van der Waals surface area contributed by atoms with Gasteiger partial charge in [0.05, 0.1) is 5.25 Å². The summed E-state index contributed by atoms with van der Waals surface area (Å²) < 4.78 is 34.2. The molecule has 146 valence electrons. The lowest BCUT2D eigenvalue weighted by atomic mass is 9.95. The van der Waals surface area contributed by atoms with E-state index in [2.05, 4.69) is 20.3 Å². The number of hydrogen-bond acceptors (Lipinski definition) is 6. The number of nitrogens with one attached hydrogen (secondary N) is 1. The van der Waals surface area contributed by atoms with Gasteiger partial charge in [0.1, 0.15) is 5.75 Å². The first-order valence-electron chi connectivity index (χ1n) is 8.87. The number of thioether (sulfide) groups is 1. The van der Waals surface area contributed by atoms with Gasteiger partial charge in [0.2, 0.25) is 11.8 Å². The van der Waals surface area contributed by atoms with E-state index in [1.807, 2.05) is 0 Å². The van der Waals surface area contributed by atoms with Gasteiger partial charge in [0.15, 0.2) is 0 Å². The molecule has 27 heavy (non-hydrogen) atoms. The molecule has 1 aromatic carbocycles. The fraction of sp³-hybridized carbons (Fsp3) is 0.500. The molecule has 3 rings (SSSR count). The predicted molar refractivity (Wildman–Crippen MR) is 96.7 cm³/mol. The number of benzene rings is 1. The Bertz CT molecular complexity index is 749. The smallest absolute Gasteiger partial charge is 0.387 e. The van der Waals surface area contributed by atoms with Gasteiger partial charge in [-0.1, -0.05) is 31.0 Å². The molecule has 1 N–H and O–H groups in total. The van der Waals surface area contributed by atoms with Crippen LogP contribution in [0.25, 0.3) is 11.5 Å². The number of aromatic nitrogens is 2. The number of ether oxygens (including phenoxy) is 1. The maximum absolute atomic E-state index is 12.3. The van der Waals surface area contributed by atoms with Gasteiger partial charge < -0.3 is 14.5 Å². The molecule has 1 atom stereocenters. The number of carbonyl (C=O) groups is 1. The summed E-state index contributed by atoms with van der Waals surface area (Å²) in [4.78, 5) is 12.3. The highest BCUT2D eigenvalue weighted by molar-refractivity contribution is 8.00. The summed E-state index contributed by atoms with van der Waals surface area (Å²) in [6, 6.07) is 6.16. The normalized spacial score (nSPS) is 16.3. The molecule has 1 aromatic heterocycles. The van der Waals surface area contributed by atoms with Crippen LogP contribution >= 0.6 is 11.8 Å². The lowest BCUT2D eigenvalue weighted by Crippen LogP contribution is -2.40. The van der Waals surface area contributed by atoms with Crippen LogP contribution in [-0.4, -0.2) is 34.0 Å². The highest BCUT2D eigenvalue weighted by atomic mass is 32.2. The highest BCUT2D eigenvalue weighted by Crippen LogP contribution is 2.28. The molecule has 0 bridgehead atoms. The Morgan fingerprint density at radius 1 is 1.22 bits per heavy atom. The monoisotopic (exact) mass is 397 g/mol. The van der Waals surface area contributed by atoms with Crippen LogP contribution in [0.3, 0.4) is 0 Å². The molecule has 1 amide bonds. The van der Waals surface area contributed by atoms with Gasteiger partial charge in [-0.15, -0.1) is 10.2 Å². The summed E-state index contributed by atoms with van der Waals surface area (Å²) in [5.41, 5.74) is 0.579. The first-order valence-corrected chi connectivity index (χ1v) is 9.75. The van der Waals surface area contributed by atoms with Gasteiger partial charge in [-0.2, -0.15) is 8.78 Å². The molecule has 1 aliphatic carbocycles. The van der Waals surface area contributed by atoms with Gasteiger partial charge in [-0.25, -0.2) is 0 Å². The summed E-state index contributed by atoms with van der Waals surface area (Å²) in [5, 5.41) is 10.9. The van der Waals surface area contributed by atoms with Crippen molar-refractivity contribution in [3.63, 3.8) is 0 Å². The molecule has 0 aliphatic heterocycles. The van der Waals surface area contributed by atoms with E-state index in [1.54, 1.807) is 19.1 Å². The Morgan fingerprint density at radius 3 is 2.59 bits per heavy atom. The number of nitrogens with zero attached hydrogens (tertiary/aromatic N) is 2. The number of rotatable bonds is 7. The maximum atomic E-state index is 12.3. The molecule has 6 nitrogen and oxygen atoms in total. The van der Waals surface area contributed by atoms with E-state index in [0.29, 0.717) is 5.56 Å². The van der Waals surface area contributed by atoms with Crippen LogP contribution in [0.15, 0.2) is 33.9 Å². The van der Waals surface area contributed by atoms with E-state index in [-0.39, 0.29) is 34.1 Å². The van der Waals surface area contributed by atoms with Crippen molar-refractivity contribution >= 4 is 17.7 Å². The second kappa shape index (κ2) is 9.16. The van der Waals surface area contributed by atoms with E-state index in [0.717, 1.165) is 25.7 Å². The summed E-state index contributed by atoms with van der Waals surface area (Å²) >= 11 is 1.19. The van der Waals surface area contributed by atoms with Crippen LogP contribution in [0.1, 0.15) is 39.0 Å². The minimum absolute atomic E-state index is 0.0415. The number of carbonyl (C=O) groups excluding carboxylic acids is 1. The molecule has 2 aromatic rings. The maximum Gasteiger partial charge on any atom is 0.387 e. The van der Waals surface area contributed by atoms with Gasteiger partial charge >= 0.3 is 6.61 Å². The van der Waals surface area contributed by atoms with Crippen LogP contribution in [0.5, 0.6) is 5.75 Å². The molecule has 1 saturated carbocycles. The summed E-state index contributed by atoms with van der Waals surface area (Å²) in [5.74, 6) is 0.261. The zero-order chi connectivity index (χ0) is 19.2. The van der Waals surface area contributed by atoms with Gasteiger partial charge in [-0.05, 0) is 44.0 Å². The number of amides is 1. The van der Waals surface area contributed by atoms with E-state index in [4.69, 9.17) is 4.42 Å². The molecule has 0 saturated heterocycles. The lowest BCUT2D eigenvalue weighted by molar-refractivity contribution is -0.121. The van der Waals surface area contributed by atoms with Crippen molar-refractivity contribution < 1.29 is 22.7 Å². The molecule has 0 spiro atoms.